The molecule has 0 saturated carbocycles. The first-order valence-corrected chi connectivity index (χ1v) is 12.6. The number of fused-ring (bicyclic) bond motifs is 1. The predicted octanol–water partition coefficient (Wildman–Crippen LogP) is 4.81. The number of carbonyl (C=O) groups is 1. The Labute approximate surface area is 212 Å². The van der Waals surface area contributed by atoms with E-state index in [1.807, 2.05) is 36.4 Å². The number of aromatic carboxylic acids is 1. The minimum absolute atomic E-state index is 0.222. The Balaban J connectivity index is 0.000000221. The summed E-state index contributed by atoms with van der Waals surface area (Å²) in [5, 5.41) is 14.4. The van der Waals surface area contributed by atoms with E-state index in [4.69, 9.17) is 26.6 Å². The van der Waals surface area contributed by atoms with E-state index in [0.29, 0.717) is 28.4 Å². The smallest absolute Gasteiger partial charge is 0.352 e. The summed E-state index contributed by atoms with van der Waals surface area (Å²) < 4.78 is 12.8. The SMILES string of the molecule is COCCN1CCC(N)CC1.O=C(O)c1cc2ccccc2n1Cc1cc(-c2ccc(Cl)s2)on1. The summed E-state index contributed by atoms with van der Waals surface area (Å²) >= 11 is 7.34. The molecule has 3 N–H and O–H groups in total. The minimum Gasteiger partial charge on any atom is -0.477 e. The van der Waals surface area contributed by atoms with Gasteiger partial charge >= 0.3 is 5.97 Å². The lowest BCUT2D eigenvalue weighted by molar-refractivity contribution is 0.0686. The van der Waals surface area contributed by atoms with Gasteiger partial charge in [-0.15, -0.1) is 11.3 Å². The molecule has 0 amide bonds. The minimum atomic E-state index is -0.972. The third-order valence-corrected chi connectivity index (χ3v) is 7.21. The van der Waals surface area contributed by atoms with Crippen molar-refractivity contribution in [2.45, 2.75) is 25.4 Å². The summed E-state index contributed by atoms with van der Waals surface area (Å²) in [5.74, 6) is -0.352. The number of hydrogen-bond donors (Lipinski definition) is 2. The highest BCUT2D eigenvalue weighted by Crippen LogP contribution is 2.31. The number of likely N-dealkylation sites (tertiary alicyclic amines) is 1. The third kappa shape index (κ3) is 6.50. The molecule has 0 spiro atoms. The van der Waals surface area contributed by atoms with Crippen molar-refractivity contribution in [3.63, 3.8) is 0 Å². The number of halogens is 1. The molecule has 1 saturated heterocycles. The van der Waals surface area contributed by atoms with Gasteiger partial charge in [0.05, 0.1) is 22.4 Å². The van der Waals surface area contributed by atoms with Gasteiger partial charge in [-0.25, -0.2) is 4.79 Å². The second-order valence-corrected chi connectivity index (χ2v) is 10.2. The summed E-state index contributed by atoms with van der Waals surface area (Å²) in [6, 6.07) is 15.1. The molecule has 4 heterocycles. The van der Waals surface area contributed by atoms with Gasteiger partial charge in [-0.3, -0.25) is 0 Å². The first-order valence-electron chi connectivity index (χ1n) is 11.4. The fraction of sp³-hybridized carbons (Fsp3) is 0.360. The molecule has 186 valence electrons. The number of benzene rings is 1. The van der Waals surface area contributed by atoms with Crippen LogP contribution in [0.25, 0.3) is 21.5 Å². The van der Waals surface area contributed by atoms with Gasteiger partial charge < -0.3 is 29.6 Å². The summed E-state index contributed by atoms with van der Waals surface area (Å²) in [6.45, 7) is 4.51. The maximum Gasteiger partial charge on any atom is 0.352 e. The number of aromatic nitrogens is 2. The van der Waals surface area contributed by atoms with Crippen LogP contribution in [0.2, 0.25) is 4.34 Å². The van der Waals surface area contributed by atoms with Crippen LogP contribution in [0.3, 0.4) is 0 Å². The molecular weight excluding hydrogens is 488 g/mol. The van der Waals surface area contributed by atoms with Crippen molar-refractivity contribution >= 4 is 39.8 Å². The lowest BCUT2D eigenvalue weighted by Crippen LogP contribution is -2.40. The van der Waals surface area contributed by atoms with Crippen molar-refractivity contribution in [2.75, 3.05) is 33.4 Å². The molecule has 3 aromatic heterocycles. The highest BCUT2D eigenvalue weighted by Gasteiger charge is 2.17. The van der Waals surface area contributed by atoms with Crippen molar-refractivity contribution in [3.8, 4) is 10.6 Å². The van der Waals surface area contributed by atoms with Crippen LogP contribution < -0.4 is 5.73 Å². The van der Waals surface area contributed by atoms with Crippen molar-refractivity contribution in [2.24, 2.45) is 5.73 Å². The first-order chi connectivity index (χ1) is 16.9. The Morgan fingerprint density at radius 2 is 2.03 bits per heavy atom. The van der Waals surface area contributed by atoms with Crippen LogP contribution in [0, 0.1) is 0 Å². The molecule has 0 atom stereocenters. The lowest BCUT2D eigenvalue weighted by atomic mass is 10.1. The molecule has 0 aliphatic carbocycles. The molecule has 0 radical (unpaired) electrons. The maximum atomic E-state index is 11.5. The van der Waals surface area contributed by atoms with Gasteiger partial charge in [0.2, 0.25) is 0 Å². The number of nitrogens with two attached hydrogens (primary N) is 1. The maximum absolute atomic E-state index is 11.5. The van der Waals surface area contributed by atoms with Gasteiger partial charge in [0, 0.05) is 36.7 Å². The fourth-order valence-corrected chi connectivity index (χ4v) is 5.06. The van der Waals surface area contributed by atoms with E-state index >= 15 is 0 Å². The first kappa shape index (κ1) is 25.4. The standard InChI is InChI=1S/C17H11ClN2O3S.C8H18N2O/c18-16-6-5-15(24-16)14-8-11(19-23-14)9-20-12-4-2-1-3-10(12)7-13(20)17(21)22;1-11-7-6-10-4-2-8(9)3-5-10/h1-8H,9H2,(H,21,22);8H,2-7,9H2,1H3. The molecule has 1 fully saturated rings. The zero-order chi connectivity index (χ0) is 24.8. The van der Waals surface area contributed by atoms with Gasteiger partial charge in [0.25, 0.3) is 0 Å². The zero-order valence-electron chi connectivity index (χ0n) is 19.5. The van der Waals surface area contributed by atoms with Crippen LogP contribution >= 0.6 is 22.9 Å². The molecule has 35 heavy (non-hydrogen) atoms. The number of nitrogens with zero attached hydrogens (tertiary/aromatic N) is 3. The van der Waals surface area contributed by atoms with E-state index in [2.05, 4.69) is 10.1 Å². The Morgan fingerprint density at radius 3 is 2.71 bits per heavy atom. The number of carboxylic acids is 1. The van der Waals surface area contributed by atoms with Gasteiger partial charge in [-0.2, -0.15) is 0 Å². The normalized spacial score (nSPS) is 14.7. The Hall–Kier alpha value is -2.69. The van der Waals surface area contributed by atoms with E-state index in [1.165, 1.54) is 11.3 Å². The summed E-state index contributed by atoms with van der Waals surface area (Å²) in [4.78, 5) is 14.8. The average Bonchev–Trinajstić information content (AvgIpc) is 3.58. The Kier molecular flexibility index (Phi) is 8.59. The van der Waals surface area contributed by atoms with Crippen molar-refractivity contribution in [1.82, 2.24) is 14.6 Å². The molecule has 8 nitrogen and oxygen atoms in total. The van der Waals surface area contributed by atoms with E-state index in [0.717, 1.165) is 54.9 Å². The Bertz CT molecular complexity index is 1260. The van der Waals surface area contributed by atoms with Gasteiger partial charge in [-0.05, 0) is 50.2 Å². The quantitative estimate of drug-likeness (QED) is 0.363. The van der Waals surface area contributed by atoms with Crippen LogP contribution in [0.15, 0.2) is 53.1 Å². The number of piperidine rings is 1. The number of rotatable bonds is 7. The van der Waals surface area contributed by atoms with E-state index in [9.17, 15) is 9.90 Å². The van der Waals surface area contributed by atoms with Crippen molar-refractivity contribution in [3.05, 3.63) is 64.3 Å². The van der Waals surface area contributed by atoms with E-state index < -0.39 is 5.97 Å². The number of para-hydroxylation sites is 1. The Morgan fingerprint density at radius 1 is 1.26 bits per heavy atom. The van der Waals surface area contributed by atoms with Crippen LogP contribution in [0.5, 0.6) is 0 Å². The van der Waals surface area contributed by atoms with Gasteiger partial charge in [0.15, 0.2) is 5.76 Å². The average molecular weight is 517 g/mol. The van der Waals surface area contributed by atoms with Crippen molar-refractivity contribution in [1.29, 1.82) is 0 Å². The highest BCUT2D eigenvalue weighted by atomic mass is 35.5. The number of ether oxygens (including phenoxy) is 1. The molecule has 0 unspecified atom stereocenters. The van der Waals surface area contributed by atoms with Crippen LogP contribution in [0.1, 0.15) is 29.0 Å². The van der Waals surface area contributed by atoms with E-state index in [1.54, 1.807) is 23.8 Å². The third-order valence-electron chi connectivity index (χ3n) is 5.97. The molecule has 0 bridgehead atoms. The van der Waals surface area contributed by atoms with Gasteiger partial charge in [0.1, 0.15) is 11.4 Å². The van der Waals surface area contributed by atoms with Gasteiger partial charge in [-0.1, -0.05) is 35.0 Å². The van der Waals surface area contributed by atoms with E-state index in [-0.39, 0.29) is 5.69 Å². The largest absolute Gasteiger partial charge is 0.477 e. The molecule has 1 aliphatic rings. The fourth-order valence-electron chi connectivity index (χ4n) is 4.07. The summed E-state index contributed by atoms with van der Waals surface area (Å²) in [7, 11) is 1.75. The lowest BCUT2D eigenvalue weighted by Gasteiger charge is -2.29. The molecule has 5 rings (SSSR count). The number of thiophene rings is 1. The second-order valence-electron chi connectivity index (χ2n) is 8.44. The van der Waals surface area contributed by atoms with Crippen LogP contribution in [-0.4, -0.2) is 65.1 Å². The van der Waals surface area contributed by atoms with Crippen molar-refractivity contribution < 1.29 is 19.2 Å². The molecule has 10 heteroatoms. The second kappa shape index (κ2) is 11.8. The molecule has 1 aromatic carbocycles. The summed E-state index contributed by atoms with van der Waals surface area (Å²) in [6.07, 6.45) is 2.29. The monoisotopic (exact) mass is 516 g/mol. The molecular formula is C25H29ClN4O4S. The predicted molar refractivity (Wildman–Crippen MR) is 138 cm³/mol. The zero-order valence-corrected chi connectivity index (χ0v) is 21.1. The van der Waals surface area contributed by atoms with Crippen LogP contribution in [0.4, 0.5) is 0 Å². The molecule has 4 aromatic rings. The topological polar surface area (TPSA) is 107 Å². The molecule has 1 aliphatic heterocycles. The summed E-state index contributed by atoms with van der Waals surface area (Å²) in [5.41, 5.74) is 7.49. The number of hydrogen-bond acceptors (Lipinski definition) is 7. The van der Waals surface area contributed by atoms with Crippen LogP contribution in [-0.2, 0) is 11.3 Å². The number of methoxy groups -OCH3 is 1. The number of carboxylic acid groups (broad SMARTS) is 1. The highest BCUT2D eigenvalue weighted by molar-refractivity contribution is 7.19.